The van der Waals surface area contributed by atoms with E-state index in [1.807, 2.05) is 0 Å². The summed E-state index contributed by atoms with van der Waals surface area (Å²) < 4.78 is 5.35. The Morgan fingerprint density at radius 3 is 2.50 bits per heavy atom. The standard InChI is InChI=1S/C13H28N2O/c1-10(11(2)16-5)14-12-7-6-8-13(9-12)15(3)4/h10-14H,6-9H2,1-5H3. The summed E-state index contributed by atoms with van der Waals surface area (Å²) in [4.78, 5) is 2.36. The molecule has 3 heteroatoms. The van der Waals surface area contributed by atoms with E-state index in [0.717, 1.165) is 6.04 Å². The van der Waals surface area contributed by atoms with Gasteiger partial charge in [-0.3, -0.25) is 0 Å². The zero-order valence-corrected chi connectivity index (χ0v) is 11.5. The predicted octanol–water partition coefficient (Wildman–Crippen LogP) is 1.87. The van der Waals surface area contributed by atoms with Crippen molar-refractivity contribution in [2.45, 2.75) is 63.8 Å². The molecule has 0 spiro atoms. The molecule has 1 aliphatic carbocycles. The first kappa shape index (κ1) is 13.9. The maximum absolute atomic E-state index is 5.35. The Hall–Kier alpha value is -0.120. The van der Waals surface area contributed by atoms with Crippen molar-refractivity contribution in [3.05, 3.63) is 0 Å². The molecule has 0 aromatic carbocycles. The summed E-state index contributed by atoms with van der Waals surface area (Å²) in [5.41, 5.74) is 0. The second-order valence-electron chi connectivity index (χ2n) is 5.38. The van der Waals surface area contributed by atoms with Gasteiger partial charge in [0, 0.05) is 25.2 Å². The van der Waals surface area contributed by atoms with E-state index < -0.39 is 0 Å². The maximum atomic E-state index is 5.35. The van der Waals surface area contributed by atoms with Crippen molar-refractivity contribution in [2.24, 2.45) is 0 Å². The van der Waals surface area contributed by atoms with Crippen molar-refractivity contribution in [1.29, 1.82) is 0 Å². The van der Waals surface area contributed by atoms with Gasteiger partial charge in [-0.2, -0.15) is 0 Å². The van der Waals surface area contributed by atoms with E-state index in [1.54, 1.807) is 7.11 Å². The molecule has 1 N–H and O–H groups in total. The van der Waals surface area contributed by atoms with Gasteiger partial charge in [-0.25, -0.2) is 0 Å². The highest BCUT2D eigenvalue weighted by atomic mass is 16.5. The van der Waals surface area contributed by atoms with E-state index in [2.05, 4.69) is 38.2 Å². The van der Waals surface area contributed by atoms with E-state index in [-0.39, 0.29) is 0 Å². The van der Waals surface area contributed by atoms with Crippen molar-refractivity contribution in [1.82, 2.24) is 10.2 Å². The molecule has 0 saturated heterocycles. The molecule has 0 heterocycles. The lowest BCUT2D eigenvalue weighted by atomic mass is 9.89. The Morgan fingerprint density at radius 1 is 1.25 bits per heavy atom. The Balaban J connectivity index is 2.36. The molecule has 4 atom stereocenters. The molecule has 3 nitrogen and oxygen atoms in total. The molecule has 0 amide bonds. The topological polar surface area (TPSA) is 24.5 Å². The molecule has 1 fully saturated rings. The number of nitrogens with one attached hydrogen (secondary N) is 1. The van der Waals surface area contributed by atoms with Gasteiger partial charge in [-0.1, -0.05) is 6.42 Å². The minimum Gasteiger partial charge on any atom is -0.380 e. The van der Waals surface area contributed by atoms with Crippen LogP contribution in [0.25, 0.3) is 0 Å². The molecular formula is C13H28N2O. The second-order valence-corrected chi connectivity index (χ2v) is 5.38. The average molecular weight is 228 g/mol. The third-order valence-corrected chi connectivity index (χ3v) is 3.95. The van der Waals surface area contributed by atoms with E-state index in [9.17, 15) is 0 Å². The summed E-state index contributed by atoms with van der Waals surface area (Å²) >= 11 is 0. The van der Waals surface area contributed by atoms with Crippen LogP contribution in [0.1, 0.15) is 39.5 Å². The molecule has 0 aromatic rings. The minimum absolute atomic E-state index is 0.291. The Labute approximate surface area is 101 Å². The molecule has 1 rings (SSSR count). The number of hydrogen-bond donors (Lipinski definition) is 1. The highest BCUT2D eigenvalue weighted by molar-refractivity contribution is 4.84. The van der Waals surface area contributed by atoms with Crippen LogP contribution >= 0.6 is 0 Å². The lowest BCUT2D eigenvalue weighted by Gasteiger charge is -2.36. The first-order valence-corrected chi connectivity index (χ1v) is 6.49. The summed E-state index contributed by atoms with van der Waals surface area (Å²) in [6.07, 6.45) is 5.56. The number of hydrogen-bond acceptors (Lipinski definition) is 3. The number of nitrogens with zero attached hydrogens (tertiary/aromatic N) is 1. The normalized spacial score (nSPS) is 30.4. The van der Waals surface area contributed by atoms with Gasteiger partial charge in [0.05, 0.1) is 6.10 Å². The summed E-state index contributed by atoms with van der Waals surface area (Å²) in [6.45, 7) is 4.34. The Bertz CT molecular complexity index is 196. The third-order valence-electron chi connectivity index (χ3n) is 3.95. The smallest absolute Gasteiger partial charge is 0.0693 e. The van der Waals surface area contributed by atoms with Gasteiger partial charge in [-0.15, -0.1) is 0 Å². The summed E-state index contributed by atoms with van der Waals surface area (Å²) in [6, 6.07) is 1.85. The van der Waals surface area contributed by atoms with Gasteiger partial charge in [0.1, 0.15) is 0 Å². The van der Waals surface area contributed by atoms with Crippen molar-refractivity contribution < 1.29 is 4.74 Å². The van der Waals surface area contributed by atoms with E-state index >= 15 is 0 Å². The number of rotatable bonds is 5. The fourth-order valence-corrected chi connectivity index (χ4v) is 2.50. The zero-order chi connectivity index (χ0) is 12.1. The lowest BCUT2D eigenvalue weighted by molar-refractivity contribution is 0.0781. The highest BCUT2D eigenvalue weighted by Crippen LogP contribution is 2.22. The van der Waals surface area contributed by atoms with Crippen molar-refractivity contribution >= 4 is 0 Å². The van der Waals surface area contributed by atoms with Crippen LogP contribution in [0.4, 0.5) is 0 Å². The molecule has 96 valence electrons. The molecule has 0 bridgehead atoms. The molecule has 0 aromatic heterocycles. The fourth-order valence-electron chi connectivity index (χ4n) is 2.50. The van der Waals surface area contributed by atoms with Gasteiger partial charge in [0.15, 0.2) is 0 Å². The van der Waals surface area contributed by atoms with Crippen LogP contribution in [0.2, 0.25) is 0 Å². The monoisotopic (exact) mass is 228 g/mol. The van der Waals surface area contributed by atoms with Crippen LogP contribution in [0.3, 0.4) is 0 Å². The van der Waals surface area contributed by atoms with Crippen LogP contribution in [-0.2, 0) is 4.74 Å². The quantitative estimate of drug-likeness (QED) is 0.777. The van der Waals surface area contributed by atoms with Gasteiger partial charge < -0.3 is 15.0 Å². The Morgan fingerprint density at radius 2 is 1.94 bits per heavy atom. The largest absolute Gasteiger partial charge is 0.380 e. The summed E-state index contributed by atoms with van der Waals surface area (Å²) in [5, 5.41) is 3.70. The van der Waals surface area contributed by atoms with Crippen LogP contribution in [0.5, 0.6) is 0 Å². The van der Waals surface area contributed by atoms with Gasteiger partial charge in [0.2, 0.25) is 0 Å². The predicted molar refractivity (Wildman–Crippen MR) is 68.8 cm³/mol. The summed E-state index contributed by atoms with van der Waals surface area (Å²) in [7, 11) is 6.16. The van der Waals surface area contributed by atoms with E-state index in [4.69, 9.17) is 4.74 Å². The van der Waals surface area contributed by atoms with Crippen LogP contribution in [-0.4, -0.2) is 50.3 Å². The van der Waals surface area contributed by atoms with Crippen LogP contribution < -0.4 is 5.32 Å². The van der Waals surface area contributed by atoms with E-state index in [0.29, 0.717) is 18.2 Å². The lowest BCUT2D eigenvalue weighted by Crippen LogP contribution is -2.47. The average Bonchev–Trinajstić information content (AvgIpc) is 2.28. The summed E-state index contributed by atoms with van der Waals surface area (Å²) in [5.74, 6) is 0. The maximum Gasteiger partial charge on any atom is 0.0693 e. The zero-order valence-electron chi connectivity index (χ0n) is 11.5. The highest BCUT2D eigenvalue weighted by Gasteiger charge is 2.25. The molecule has 4 unspecified atom stereocenters. The molecule has 0 radical (unpaired) electrons. The van der Waals surface area contributed by atoms with Gasteiger partial charge >= 0.3 is 0 Å². The molecule has 0 aliphatic heterocycles. The second kappa shape index (κ2) is 6.58. The molecule has 1 aliphatic rings. The molecular weight excluding hydrogens is 200 g/mol. The fraction of sp³-hybridized carbons (Fsp3) is 1.00. The van der Waals surface area contributed by atoms with Gasteiger partial charge in [0.25, 0.3) is 0 Å². The van der Waals surface area contributed by atoms with E-state index in [1.165, 1.54) is 25.7 Å². The van der Waals surface area contributed by atoms with Crippen molar-refractivity contribution in [2.75, 3.05) is 21.2 Å². The number of methoxy groups -OCH3 is 1. The SMILES string of the molecule is COC(C)C(C)NC1CCCC(N(C)C)C1. The van der Waals surface area contributed by atoms with Crippen molar-refractivity contribution in [3.8, 4) is 0 Å². The Kier molecular flexibility index (Phi) is 5.73. The molecule has 1 saturated carbocycles. The molecule has 16 heavy (non-hydrogen) atoms. The number of ether oxygens (including phenoxy) is 1. The van der Waals surface area contributed by atoms with Gasteiger partial charge in [-0.05, 0) is 47.2 Å². The minimum atomic E-state index is 0.291. The van der Waals surface area contributed by atoms with Crippen molar-refractivity contribution in [3.63, 3.8) is 0 Å². The first-order valence-electron chi connectivity index (χ1n) is 6.49. The first-order chi connectivity index (χ1) is 7.54. The van der Waals surface area contributed by atoms with Crippen LogP contribution in [0, 0.1) is 0 Å². The third kappa shape index (κ3) is 4.04. The van der Waals surface area contributed by atoms with Crippen LogP contribution in [0.15, 0.2) is 0 Å².